The lowest BCUT2D eigenvalue weighted by Gasteiger charge is -2.01. The number of nitrogens with zero attached hydrogens (tertiary/aromatic N) is 2. The molecule has 0 N–H and O–H groups in total. The topological polar surface area (TPSA) is 35.0 Å². The molecule has 5 heteroatoms. The van der Waals surface area contributed by atoms with Gasteiger partial charge in [-0.1, -0.05) is 11.8 Å². The van der Waals surface area contributed by atoms with Gasteiger partial charge < -0.3 is 4.74 Å². The summed E-state index contributed by atoms with van der Waals surface area (Å²) in [5.74, 6) is 0.643. The predicted molar refractivity (Wildman–Crippen MR) is 53.1 cm³/mol. The van der Waals surface area contributed by atoms with Crippen molar-refractivity contribution in [3.05, 3.63) is 9.77 Å². The normalized spacial score (nSPS) is 9.73. The maximum Gasteiger partial charge on any atom is 0.230 e. The van der Waals surface area contributed by atoms with Gasteiger partial charge >= 0.3 is 0 Å². The zero-order valence-electron chi connectivity index (χ0n) is 6.17. The highest BCUT2D eigenvalue weighted by Crippen LogP contribution is 2.19. The molecule has 0 fully saturated rings. The number of methoxy groups -OCH3 is 1. The van der Waals surface area contributed by atoms with Crippen LogP contribution in [0.1, 0.15) is 0 Å². The SMILES string of the molecule is COc1nc(SC)ncc1I. The first-order valence-electron chi connectivity index (χ1n) is 2.88. The summed E-state index contributed by atoms with van der Waals surface area (Å²) in [6.07, 6.45) is 3.68. The van der Waals surface area contributed by atoms with Crippen LogP contribution >= 0.6 is 34.4 Å². The van der Waals surface area contributed by atoms with E-state index >= 15 is 0 Å². The summed E-state index contributed by atoms with van der Waals surface area (Å²) < 4.78 is 5.95. The van der Waals surface area contributed by atoms with Gasteiger partial charge in [-0.3, -0.25) is 0 Å². The molecule has 0 atom stereocenters. The molecule has 0 aromatic carbocycles. The molecule has 1 rings (SSSR count). The lowest BCUT2D eigenvalue weighted by Crippen LogP contribution is -1.94. The minimum atomic E-state index is 0.643. The summed E-state index contributed by atoms with van der Waals surface area (Å²) in [6.45, 7) is 0. The van der Waals surface area contributed by atoms with Crippen molar-refractivity contribution in [3.8, 4) is 5.88 Å². The molecule has 0 amide bonds. The third-order valence-electron chi connectivity index (χ3n) is 1.07. The number of hydrogen-bond donors (Lipinski definition) is 0. The van der Waals surface area contributed by atoms with Gasteiger partial charge in [-0.2, -0.15) is 4.98 Å². The van der Waals surface area contributed by atoms with Gasteiger partial charge in [0.2, 0.25) is 5.88 Å². The summed E-state index contributed by atoms with van der Waals surface area (Å²) in [6, 6.07) is 0. The number of aromatic nitrogens is 2. The van der Waals surface area contributed by atoms with Gasteiger partial charge in [0.15, 0.2) is 5.16 Å². The number of halogens is 1. The van der Waals surface area contributed by atoms with Crippen LogP contribution in [0.4, 0.5) is 0 Å². The maximum absolute atomic E-state index is 5.02. The molecule has 0 spiro atoms. The van der Waals surface area contributed by atoms with Crippen LogP contribution in [0.5, 0.6) is 5.88 Å². The van der Waals surface area contributed by atoms with E-state index in [1.54, 1.807) is 13.3 Å². The van der Waals surface area contributed by atoms with Crippen LogP contribution in [0.3, 0.4) is 0 Å². The first-order valence-corrected chi connectivity index (χ1v) is 5.18. The number of thioether (sulfide) groups is 1. The molecule has 1 aromatic heterocycles. The molecular formula is C6H7IN2OS. The lowest BCUT2D eigenvalue weighted by molar-refractivity contribution is 0.389. The molecule has 1 aromatic rings. The van der Waals surface area contributed by atoms with E-state index in [4.69, 9.17) is 4.74 Å². The van der Waals surface area contributed by atoms with E-state index in [0.29, 0.717) is 5.88 Å². The average molecular weight is 282 g/mol. The van der Waals surface area contributed by atoms with E-state index in [1.165, 1.54) is 11.8 Å². The van der Waals surface area contributed by atoms with Crippen molar-refractivity contribution in [1.29, 1.82) is 0 Å². The van der Waals surface area contributed by atoms with Crippen molar-refractivity contribution in [2.24, 2.45) is 0 Å². The van der Waals surface area contributed by atoms with E-state index in [2.05, 4.69) is 32.6 Å². The molecule has 0 bridgehead atoms. The zero-order valence-corrected chi connectivity index (χ0v) is 9.14. The summed E-state index contributed by atoms with van der Waals surface area (Å²) in [4.78, 5) is 8.20. The van der Waals surface area contributed by atoms with Crippen LogP contribution in [-0.4, -0.2) is 23.3 Å². The Hall–Kier alpha value is -0.0400. The highest BCUT2D eigenvalue weighted by molar-refractivity contribution is 14.1. The molecule has 0 saturated carbocycles. The quantitative estimate of drug-likeness (QED) is 0.471. The van der Waals surface area contributed by atoms with E-state index < -0.39 is 0 Å². The second kappa shape index (κ2) is 4.10. The summed E-state index contributed by atoms with van der Waals surface area (Å²) in [5.41, 5.74) is 0. The standard InChI is InChI=1S/C6H7IN2OS/c1-10-5-4(7)3-8-6(9-5)11-2/h3H,1-2H3. The summed E-state index contributed by atoms with van der Waals surface area (Å²) in [7, 11) is 1.61. The number of hydrogen-bond acceptors (Lipinski definition) is 4. The van der Waals surface area contributed by atoms with Gasteiger partial charge in [0.25, 0.3) is 0 Å². The van der Waals surface area contributed by atoms with E-state index in [1.807, 2.05) is 6.26 Å². The lowest BCUT2D eigenvalue weighted by atomic mass is 10.6. The Morgan fingerprint density at radius 2 is 2.36 bits per heavy atom. The molecule has 0 radical (unpaired) electrons. The minimum absolute atomic E-state index is 0.643. The first-order chi connectivity index (χ1) is 5.27. The Kier molecular flexibility index (Phi) is 3.38. The van der Waals surface area contributed by atoms with Gasteiger partial charge in [-0.25, -0.2) is 4.98 Å². The Balaban J connectivity index is 3.02. The fourth-order valence-corrected chi connectivity index (χ4v) is 1.39. The van der Waals surface area contributed by atoms with Crippen molar-refractivity contribution in [2.45, 2.75) is 5.16 Å². The van der Waals surface area contributed by atoms with Crippen LogP contribution in [0, 0.1) is 3.57 Å². The molecule has 11 heavy (non-hydrogen) atoms. The predicted octanol–water partition coefficient (Wildman–Crippen LogP) is 1.81. The van der Waals surface area contributed by atoms with Crippen molar-refractivity contribution >= 4 is 34.4 Å². The Bertz CT molecular complexity index is 256. The molecular weight excluding hydrogens is 275 g/mol. The number of ether oxygens (including phenoxy) is 1. The fourth-order valence-electron chi connectivity index (χ4n) is 0.578. The van der Waals surface area contributed by atoms with Crippen LogP contribution in [-0.2, 0) is 0 Å². The third kappa shape index (κ3) is 2.19. The summed E-state index contributed by atoms with van der Waals surface area (Å²) >= 11 is 3.64. The van der Waals surface area contributed by atoms with E-state index in [0.717, 1.165) is 8.73 Å². The Morgan fingerprint density at radius 3 is 2.91 bits per heavy atom. The van der Waals surface area contributed by atoms with Crippen molar-refractivity contribution < 1.29 is 4.74 Å². The minimum Gasteiger partial charge on any atom is -0.480 e. The van der Waals surface area contributed by atoms with Gasteiger partial charge in [-0.05, 0) is 28.8 Å². The monoisotopic (exact) mass is 282 g/mol. The van der Waals surface area contributed by atoms with Crippen LogP contribution < -0.4 is 4.74 Å². The van der Waals surface area contributed by atoms with Crippen molar-refractivity contribution in [2.75, 3.05) is 13.4 Å². The van der Waals surface area contributed by atoms with E-state index in [9.17, 15) is 0 Å². The smallest absolute Gasteiger partial charge is 0.230 e. The fraction of sp³-hybridized carbons (Fsp3) is 0.333. The van der Waals surface area contributed by atoms with Crippen molar-refractivity contribution in [1.82, 2.24) is 9.97 Å². The van der Waals surface area contributed by atoms with Crippen molar-refractivity contribution in [3.63, 3.8) is 0 Å². The molecule has 0 aliphatic heterocycles. The first kappa shape index (κ1) is 9.05. The second-order valence-electron chi connectivity index (χ2n) is 1.71. The zero-order chi connectivity index (χ0) is 8.27. The van der Waals surface area contributed by atoms with E-state index in [-0.39, 0.29) is 0 Å². The largest absolute Gasteiger partial charge is 0.480 e. The molecule has 0 saturated heterocycles. The molecule has 1 heterocycles. The average Bonchev–Trinajstić information content (AvgIpc) is 2.05. The number of rotatable bonds is 2. The van der Waals surface area contributed by atoms with Gasteiger partial charge in [-0.15, -0.1) is 0 Å². The van der Waals surface area contributed by atoms with Gasteiger partial charge in [0.05, 0.1) is 10.7 Å². The molecule has 0 aliphatic carbocycles. The summed E-state index contributed by atoms with van der Waals surface area (Å²) in [5, 5.41) is 0.738. The van der Waals surface area contributed by atoms with Crippen LogP contribution in [0.2, 0.25) is 0 Å². The third-order valence-corrected chi connectivity index (χ3v) is 2.37. The van der Waals surface area contributed by atoms with Gasteiger partial charge in [0, 0.05) is 6.20 Å². The molecule has 60 valence electrons. The maximum atomic E-state index is 5.02. The highest BCUT2D eigenvalue weighted by atomic mass is 127. The van der Waals surface area contributed by atoms with Crippen LogP contribution in [0.15, 0.2) is 11.4 Å². The second-order valence-corrected chi connectivity index (χ2v) is 3.65. The molecule has 3 nitrogen and oxygen atoms in total. The molecule has 0 aliphatic rings. The Labute approximate surface area is 83.1 Å². The Morgan fingerprint density at radius 1 is 1.64 bits per heavy atom. The highest BCUT2D eigenvalue weighted by Gasteiger charge is 2.02. The molecule has 0 unspecified atom stereocenters. The van der Waals surface area contributed by atoms with Crippen LogP contribution in [0.25, 0.3) is 0 Å². The van der Waals surface area contributed by atoms with Gasteiger partial charge in [0.1, 0.15) is 0 Å².